The molecule has 1 N–H and O–H groups in total. The maximum atomic E-state index is 9.54. The van der Waals surface area contributed by atoms with Gasteiger partial charge in [0.05, 0.1) is 0 Å². The molecule has 0 aromatic heterocycles. The second-order valence-corrected chi connectivity index (χ2v) is 4.24. The molecule has 12 heavy (non-hydrogen) atoms. The predicted octanol–water partition coefficient (Wildman–Crippen LogP) is 3.11. The minimum absolute atomic E-state index is 0.427. The average molecular weight is 227 g/mol. The van der Waals surface area contributed by atoms with Crippen LogP contribution in [-0.4, -0.2) is 5.11 Å². The van der Waals surface area contributed by atoms with Gasteiger partial charge in [0.1, 0.15) is 5.75 Å². The third-order valence-corrected chi connectivity index (χ3v) is 3.03. The smallest absolute Gasteiger partial charge is 0.119 e. The molecule has 0 radical (unpaired) electrons. The summed E-state index contributed by atoms with van der Waals surface area (Å²) < 4.78 is 1.04. The minimum Gasteiger partial charge on any atom is -0.508 e. The van der Waals surface area contributed by atoms with E-state index in [1.54, 1.807) is 6.07 Å². The lowest BCUT2D eigenvalue weighted by molar-refractivity contribution is 0.466. The van der Waals surface area contributed by atoms with Gasteiger partial charge >= 0.3 is 0 Å². The molecule has 0 atom stereocenters. The van der Waals surface area contributed by atoms with Gasteiger partial charge in [-0.15, -0.1) is 0 Å². The first-order valence-corrected chi connectivity index (χ1v) is 5.03. The summed E-state index contributed by atoms with van der Waals surface area (Å²) in [7, 11) is 0. The highest BCUT2D eigenvalue weighted by Gasteiger charge is 2.23. The summed E-state index contributed by atoms with van der Waals surface area (Å²) in [5.74, 6) is 1.24. The first kappa shape index (κ1) is 8.11. The van der Waals surface area contributed by atoms with Gasteiger partial charge in [0.25, 0.3) is 0 Å². The van der Waals surface area contributed by atoms with Crippen molar-refractivity contribution < 1.29 is 5.11 Å². The van der Waals surface area contributed by atoms with E-state index in [1.807, 2.05) is 12.1 Å². The van der Waals surface area contributed by atoms with Gasteiger partial charge in [0.15, 0.2) is 0 Å². The molecule has 0 aliphatic heterocycles. The standard InChI is InChI=1S/C10H11BrO/c11-9-2-1-3-10(12)8(9)6-7-4-5-7/h1-3,7,12H,4-6H2. The van der Waals surface area contributed by atoms with Crippen LogP contribution in [0.3, 0.4) is 0 Å². The van der Waals surface area contributed by atoms with Gasteiger partial charge in [-0.1, -0.05) is 22.0 Å². The Hall–Kier alpha value is -0.500. The highest BCUT2D eigenvalue weighted by molar-refractivity contribution is 9.10. The number of phenolic OH excluding ortho intramolecular Hbond substituents is 1. The molecule has 0 spiro atoms. The molecule has 0 saturated heterocycles. The third-order valence-electron chi connectivity index (χ3n) is 2.28. The van der Waals surface area contributed by atoms with Crippen molar-refractivity contribution in [1.82, 2.24) is 0 Å². The Bertz CT molecular complexity index is 272. The van der Waals surface area contributed by atoms with E-state index in [4.69, 9.17) is 0 Å². The molecule has 1 fully saturated rings. The minimum atomic E-state index is 0.427. The quantitative estimate of drug-likeness (QED) is 0.822. The Morgan fingerprint density at radius 2 is 2.17 bits per heavy atom. The van der Waals surface area contributed by atoms with Crippen molar-refractivity contribution in [1.29, 1.82) is 0 Å². The van der Waals surface area contributed by atoms with Crippen LogP contribution in [0.2, 0.25) is 0 Å². The van der Waals surface area contributed by atoms with E-state index >= 15 is 0 Å². The zero-order chi connectivity index (χ0) is 8.55. The molecule has 1 aromatic carbocycles. The Morgan fingerprint density at radius 3 is 2.75 bits per heavy atom. The summed E-state index contributed by atoms with van der Waals surface area (Å²) in [5.41, 5.74) is 1.07. The topological polar surface area (TPSA) is 20.2 Å². The summed E-state index contributed by atoms with van der Waals surface area (Å²) in [6.07, 6.45) is 3.66. The van der Waals surface area contributed by atoms with E-state index < -0.39 is 0 Å². The molecule has 1 aliphatic carbocycles. The lowest BCUT2D eigenvalue weighted by atomic mass is 10.1. The van der Waals surface area contributed by atoms with E-state index in [0.29, 0.717) is 5.75 Å². The molecule has 0 unspecified atom stereocenters. The Morgan fingerprint density at radius 1 is 1.42 bits per heavy atom. The van der Waals surface area contributed by atoms with Crippen LogP contribution < -0.4 is 0 Å². The van der Waals surface area contributed by atoms with Crippen molar-refractivity contribution in [3.8, 4) is 5.75 Å². The Labute approximate surface area is 80.5 Å². The fourth-order valence-corrected chi connectivity index (χ4v) is 1.88. The molecule has 1 aromatic rings. The Balaban J connectivity index is 2.26. The number of hydrogen-bond acceptors (Lipinski definition) is 1. The lowest BCUT2D eigenvalue weighted by Gasteiger charge is -2.05. The highest BCUT2D eigenvalue weighted by atomic mass is 79.9. The summed E-state index contributed by atoms with van der Waals surface area (Å²) in [6, 6.07) is 5.59. The van der Waals surface area contributed by atoms with E-state index in [-0.39, 0.29) is 0 Å². The first-order valence-electron chi connectivity index (χ1n) is 4.23. The third kappa shape index (κ3) is 1.63. The van der Waals surface area contributed by atoms with Crippen molar-refractivity contribution >= 4 is 15.9 Å². The number of aromatic hydroxyl groups is 1. The molecule has 0 heterocycles. The van der Waals surface area contributed by atoms with Gasteiger partial charge in [0, 0.05) is 10.0 Å². The summed E-state index contributed by atoms with van der Waals surface area (Å²) in [5, 5.41) is 9.54. The molecule has 1 nitrogen and oxygen atoms in total. The van der Waals surface area contributed by atoms with Gasteiger partial charge < -0.3 is 5.11 Å². The first-order chi connectivity index (χ1) is 5.77. The zero-order valence-electron chi connectivity index (χ0n) is 6.76. The van der Waals surface area contributed by atoms with Gasteiger partial charge in [-0.25, -0.2) is 0 Å². The van der Waals surface area contributed by atoms with Gasteiger partial charge in [-0.3, -0.25) is 0 Å². The van der Waals surface area contributed by atoms with Crippen LogP contribution in [0.25, 0.3) is 0 Å². The van der Waals surface area contributed by atoms with E-state index in [1.165, 1.54) is 12.8 Å². The maximum absolute atomic E-state index is 9.54. The van der Waals surface area contributed by atoms with E-state index in [0.717, 1.165) is 22.4 Å². The van der Waals surface area contributed by atoms with Crippen LogP contribution in [-0.2, 0) is 6.42 Å². The second kappa shape index (κ2) is 3.09. The molecule has 1 aliphatic rings. The van der Waals surface area contributed by atoms with E-state index in [9.17, 15) is 5.11 Å². The van der Waals surface area contributed by atoms with Crippen LogP contribution in [0.5, 0.6) is 5.75 Å². The van der Waals surface area contributed by atoms with Crippen LogP contribution in [0.1, 0.15) is 18.4 Å². The van der Waals surface area contributed by atoms with Gasteiger partial charge in [-0.2, -0.15) is 0 Å². The van der Waals surface area contributed by atoms with Crippen LogP contribution in [0, 0.1) is 5.92 Å². The molecule has 0 bridgehead atoms. The monoisotopic (exact) mass is 226 g/mol. The largest absolute Gasteiger partial charge is 0.508 e. The van der Waals surface area contributed by atoms with Gasteiger partial charge in [0.2, 0.25) is 0 Å². The molecular formula is C10H11BrO. The zero-order valence-corrected chi connectivity index (χ0v) is 8.34. The number of benzene rings is 1. The molecule has 1 saturated carbocycles. The lowest BCUT2D eigenvalue weighted by Crippen LogP contribution is -1.89. The highest BCUT2D eigenvalue weighted by Crippen LogP contribution is 2.37. The average Bonchev–Trinajstić information content (AvgIpc) is 2.80. The molecule has 0 amide bonds. The predicted molar refractivity (Wildman–Crippen MR) is 52.2 cm³/mol. The number of halogens is 1. The Kier molecular flexibility index (Phi) is 2.09. The number of hydrogen-bond donors (Lipinski definition) is 1. The SMILES string of the molecule is Oc1cccc(Br)c1CC1CC1. The van der Waals surface area contributed by atoms with E-state index in [2.05, 4.69) is 15.9 Å². The maximum Gasteiger partial charge on any atom is 0.119 e. The van der Waals surface area contributed by atoms with Crippen molar-refractivity contribution in [2.24, 2.45) is 5.92 Å². The molecule has 2 heteroatoms. The number of rotatable bonds is 2. The van der Waals surface area contributed by atoms with Crippen molar-refractivity contribution in [3.63, 3.8) is 0 Å². The summed E-state index contributed by atoms with van der Waals surface area (Å²) in [6.45, 7) is 0. The van der Waals surface area contributed by atoms with Crippen molar-refractivity contribution in [2.75, 3.05) is 0 Å². The summed E-state index contributed by atoms with van der Waals surface area (Å²) in [4.78, 5) is 0. The fraction of sp³-hybridized carbons (Fsp3) is 0.400. The summed E-state index contributed by atoms with van der Waals surface area (Å²) >= 11 is 3.44. The van der Waals surface area contributed by atoms with Crippen molar-refractivity contribution in [2.45, 2.75) is 19.3 Å². The number of phenols is 1. The fourth-order valence-electron chi connectivity index (χ4n) is 1.36. The second-order valence-electron chi connectivity index (χ2n) is 3.39. The molecule has 2 rings (SSSR count). The molecule has 64 valence electrons. The van der Waals surface area contributed by atoms with Gasteiger partial charge in [-0.05, 0) is 37.3 Å². The van der Waals surface area contributed by atoms with Crippen LogP contribution in [0.15, 0.2) is 22.7 Å². The van der Waals surface area contributed by atoms with Crippen LogP contribution >= 0.6 is 15.9 Å². The van der Waals surface area contributed by atoms with Crippen molar-refractivity contribution in [3.05, 3.63) is 28.2 Å². The normalized spacial score (nSPS) is 16.4. The van der Waals surface area contributed by atoms with Crippen LogP contribution in [0.4, 0.5) is 0 Å². The molecular weight excluding hydrogens is 216 g/mol.